The maximum atomic E-state index is 5.26. The first-order valence-electron chi connectivity index (χ1n) is 6.81. The highest BCUT2D eigenvalue weighted by molar-refractivity contribution is 7.71. The van der Waals surface area contributed by atoms with Gasteiger partial charge in [-0.15, -0.1) is 5.10 Å². The van der Waals surface area contributed by atoms with Gasteiger partial charge in [-0.05, 0) is 44.6 Å². The predicted molar refractivity (Wildman–Crippen MR) is 76.6 cm³/mol. The zero-order valence-corrected chi connectivity index (χ0v) is 12.2. The molecule has 0 unspecified atom stereocenters. The minimum absolute atomic E-state index is 0.722. The zero-order valence-electron chi connectivity index (χ0n) is 11.4. The van der Waals surface area contributed by atoms with Crippen LogP contribution in [0.1, 0.15) is 26.2 Å². The molecule has 0 bridgehead atoms. The molecule has 1 aliphatic heterocycles. The fraction of sp³-hybridized carbons (Fsp3) is 0.833. The van der Waals surface area contributed by atoms with E-state index in [1.54, 1.807) is 0 Å². The number of hydrogen-bond donors (Lipinski definition) is 1. The maximum absolute atomic E-state index is 5.26. The maximum Gasteiger partial charge on any atom is 0.225 e. The molecule has 0 amide bonds. The number of anilines is 1. The molecule has 1 N–H and O–H groups in total. The predicted octanol–water partition coefficient (Wildman–Crippen LogP) is 1.88. The normalized spacial score (nSPS) is 16.3. The number of aromatic amines is 1. The number of aromatic nitrogens is 3. The number of rotatable bonds is 6. The largest absolute Gasteiger partial charge is 0.343 e. The second kappa shape index (κ2) is 6.33. The molecule has 1 fully saturated rings. The average molecular weight is 269 g/mol. The van der Waals surface area contributed by atoms with Crippen molar-refractivity contribution in [3.63, 3.8) is 0 Å². The Morgan fingerprint density at radius 3 is 2.72 bits per heavy atom. The Morgan fingerprint density at radius 1 is 1.33 bits per heavy atom. The van der Waals surface area contributed by atoms with E-state index >= 15 is 0 Å². The second-order valence-electron chi connectivity index (χ2n) is 4.95. The molecule has 0 saturated carbocycles. The lowest BCUT2D eigenvalue weighted by Gasteiger charge is -2.22. The van der Waals surface area contributed by atoms with Crippen LogP contribution in [0.2, 0.25) is 0 Å². The molecule has 0 aliphatic carbocycles. The summed E-state index contributed by atoms with van der Waals surface area (Å²) in [5.41, 5.74) is 0. The topological polar surface area (TPSA) is 40.1 Å². The minimum atomic E-state index is 0.722. The molecule has 1 aromatic rings. The molecule has 0 aromatic carbocycles. The summed E-state index contributed by atoms with van der Waals surface area (Å²) >= 11 is 5.26. The van der Waals surface area contributed by atoms with E-state index in [1.807, 2.05) is 0 Å². The standard InChI is InChI=1S/C12H23N5S/c1-3-6-17-11(13-14-12(17)18)15(2)9-10-16-7-4-5-8-16/h3-10H2,1-2H3,(H,14,18). The van der Waals surface area contributed by atoms with Gasteiger partial charge in [0.25, 0.3) is 0 Å². The first-order valence-corrected chi connectivity index (χ1v) is 7.22. The van der Waals surface area contributed by atoms with Gasteiger partial charge in [-0.25, -0.2) is 5.10 Å². The van der Waals surface area contributed by atoms with Gasteiger partial charge < -0.3 is 9.80 Å². The van der Waals surface area contributed by atoms with Crippen molar-refractivity contribution in [2.75, 3.05) is 38.1 Å². The van der Waals surface area contributed by atoms with Crippen LogP contribution in [0.4, 0.5) is 5.95 Å². The van der Waals surface area contributed by atoms with Crippen molar-refractivity contribution in [3.8, 4) is 0 Å². The van der Waals surface area contributed by atoms with E-state index in [-0.39, 0.29) is 0 Å². The van der Waals surface area contributed by atoms with Crippen molar-refractivity contribution < 1.29 is 0 Å². The minimum Gasteiger partial charge on any atom is -0.343 e. The number of likely N-dealkylation sites (N-methyl/N-ethyl adjacent to an activating group) is 1. The molecular formula is C12H23N5S. The van der Waals surface area contributed by atoms with Crippen LogP contribution < -0.4 is 4.90 Å². The third kappa shape index (κ3) is 3.11. The van der Waals surface area contributed by atoms with Crippen LogP contribution in [0.25, 0.3) is 0 Å². The summed E-state index contributed by atoms with van der Waals surface area (Å²) in [5.74, 6) is 0.959. The van der Waals surface area contributed by atoms with E-state index in [1.165, 1.54) is 25.9 Å². The lowest BCUT2D eigenvalue weighted by Crippen LogP contribution is -2.32. The van der Waals surface area contributed by atoms with Crippen LogP contribution in [-0.4, -0.2) is 52.9 Å². The van der Waals surface area contributed by atoms with E-state index in [4.69, 9.17) is 12.2 Å². The molecule has 6 heteroatoms. The van der Waals surface area contributed by atoms with Gasteiger partial charge in [0.05, 0.1) is 0 Å². The molecule has 1 aliphatic rings. The highest BCUT2D eigenvalue weighted by Crippen LogP contribution is 2.12. The van der Waals surface area contributed by atoms with Crippen LogP contribution in [0.3, 0.4) is 0 Å². The lowest BCUT2D eigenvalue weighted by molar-refractivity contribution is 0.345. The first kappa shape index (κ1) is 13.5. The van der Waals surface area contributed by atoms with E-state index in [0.717, 1.165) is 36.8 Å². The zero-order chi connectivity index (χ0) is 13.0. The third-order valence-electron chi connectivity index (χ3n) is 3.48. The summed E-state index contributed by atoms with van der Waals surface area (Å²) in [5, 5.41) is 7.22. The van der Waals surface area contributed by atoms with E-state index in [0.29, 0.717) is 0 Å². The quantitative estimate of drug-likeness (QED) is 0.801. The highest BCUT2D eigenvalue weighted by atomic mass is 32.1. The Kier molecular flexibility index (Phi) is 4.77. The molecular weight excluding hydrogens is 246 g/mol. The van der Waals surface area contributed by atoms with Gasteiger partial charge >= 0.3 is 0 Å². The molecule has 102 valence electrons. The van der Waals surface area contributed by atoms with Crippen LogP contribution in [0.5, 0.6) is 0 Å². The number of hydrogen-bond acceptors (Lipinski definition) is 4. The van der Waals surface area contributed by atoms with Gasteiger partial charge in [0, 0.05) is 26.7 Å². The monoisotopic (exact) mass is 269 g/mol. The molecule has 18 heavy (non-hydrogen) atoms. The van der Waals surface area contributed by atoms with E-state index < -0.39 is 0 Å². The summed E-state index contributed by atoms with van der Waals surface area (Å²) < 4.78 is 2.80. The molecule has 0 radical (unpaired) electrons. The molecule has 2 rings (SSSR count). The van der Waals surface area contributed by atoms with Crippen molar-refractivity contribution in [2.24, 2.45) is 0 Å². The van der Waals surface area contributed by atoms with Gasteiger partial charge in [-0.1, -0.05) is 6.92 Å². The average Bonchev–Trinajstić information content (AvgIpc) is 2.98. The van der Waals surface area contributed by atoms with Gasteiger partial charge in [0.2, 0.25) is 5.95 Å². The Hall–Kier alpha value is -0.880. The lowest BCUT2D eigenvalue weighted by atomic mass is 10.4. The molecule has 0 spiro atoms. The van der Waals surface area contributed by atoms with Crippen molar-refractivity contribution >= 4 is 18.2 Å². The summed E-state index contributed by atoms with van der Waals surface area (Å²) in [6.07, 6.45) is 3.76. The second-order valence-corrected chi connectivity index (χ2v) is 5.34. The van der Waals surface area contributed by atoms with Crippen molar-refractivity contribution in [1.29, 1.82) is 0 Å². The van der Waals surface area contributed by atoms with Crippen molar-refractivity contribution in [2.45, 2.75) is 32.7 Å². The van der Waals surface area contributed by atoms with Crippen LogP contribution >= 0.6 is 12.2 Å². The number of nitrogens with one attached hydrogen (secondary N) is 1. The van der Waals surface area contributed by atoms with Gasteiger partial charge in [0.15, 0.2) is 4.77 Å². The first-order chi connectivity index (χ1) is 8.72. The number of H-pyrrole nitrogens is 1. The molecule has 5 nitrogen and oxygen atoms in total. The van der Waals surface area contributed by atoms with Gasteiger partial charge in [-0.2, -0.15) is 0 Å². The Balaban J connectivity index is 1.95. The van der Waals surface area contributed by atoms with Crippen LogP contribution in [0.15, 0.2) is 0 Å². The van der Waals surface area contributed by atoms with Gasteiger partial charge in [-0.3, -0.25) is 4.57 Å². The third-order valence-corrected chi connectivity index (χ3v) is 3.79. The van der Waals surface area contributed by atoms with Crippen molar-refractivity contribution in [3.05, 3.63) is 4.77 Å². The number of nitrogens with zero attached hydrogens (tertiary/aromatic N) is 4. The van der Waals surface area contributed by atoms with E-state index in [2.05, 4.69) is 38.5 Å². The SMILES string of the molecule is CCCn1c(N(C)CCN2CCCC2)n[nH]c1=S. The molecule has 2 heterocycles. The van der Waals surface area contributed by atoms with Crippen molar-refractivity contribution in [1.82, 2.24) is 19.7 Å². The van der Waals surface area contributed by atoms with Gasteiger partial charge in [0.1, 0.15) is 0 Å². The fourth-order valence-electron chi connectivity index (χ4n) is 2.42. The highest BCUT2D eigenvalue weighted by Gasteiger charge is 2.14. The Labute approximate surface area is 114 Å². The Bertz CT molecular complexity index is 418. The van der Waals surface area contributed by atoms with Crippen LogP contribution in [-0.2, 0) is 6.54 Å². The fourth-order valence-corrected chi connectivity index (χ4v) is 2.64. The molecule has 1 aromatic heterocycles. The Morgan fingerprint density at radius 2 is 2.06 bits per heavy atom. The summed E-state index contributed by atoms with van der Waals surface area (Å²) in [4.78, 5) is 4.71. The molecule has 0 atom stereocenters. The molecule has 1 saturated heterocycles. The summed E-state index contributed by atoms with van der Waals surface area (Å²) in [7, 11) is 2.09. The van der Waals surface area contributed by atoms with E-state index in [9.17, 15) is 0 Å². The van der Waals surface area contributed by atoms with Crippen LogP contribution in [0, 0.1) is 4.77 Å². The summed E-state index contributed by atoms with van der Waals surface area (Å²) in [6, 6.07) is 0. The smallest absolute Gasteiger partial charge is 0.225 e. The number of likely N-dealkylation sites (tertiary alicyclic amines) is 1. The summed E-state index contributed by atoms with van der Waals surface area (Å²) in [6.45, 7) is 7.69.